The Morgan fingerprint density at radius 1 is 1.22 bits per heavy atom. The average Bonchev–Trinajstić information content (AvgIpc) is 3.07. The zero-order valence-electron chi connectivity index (χ0n) is 13.5. The molecule has 6 nitrogen and oxygen atoms in total. The van der Waals surface area contributed by atoms with Gasteiger partial charge in [-0.1, -0.05) is 18.8 Å². The van der Waals surface area contributed by atoms with Gasteiger partial charge < -0.3 is 15.1 Å². The van der Waals surface area contributed by atoms with Gasteiger partial charge in [-0.3, -0.25) is 4.79 Å². The minimum Gasteiger partial charge on any atom is -0.335 e. The molecular formula is C17H24N4O2. The van der Waals surface area contributed by atoms with Gasteiger partial charge >= 0.3 is 6.03 Å². The van der Waals surface area contributed by atoms with Gasteiger partial charge in [-0.05, 0) is 25.7 Å². The minimum absolute atomic E-state index is 0.00615. The first-order valence-corrected chi connectivity index (χ1v) is 8.30. The number of carbonyl (C=O) groups excluding carboxylic acids is 2. The van der Waals surface area contributed by atoms with Crippen molar-refractivity contribution in [2.45, 2.75) is 44.6 Å². The molecule has 0 aromatic carbocycles. The van der Waals surface area contributed by atoms with E-state index < -0.39 is 0 Å². The Balaban J connectivity index is 1.91. The lowest BCUT2D eigenvalue weighted by atomic mass is 9.96. The summed E-state index contributed by atoms with van der Waals surface area (Å²) in [5.74, 6) is 2.03. The molecule has 0 radical (unpaired) electrons. The van der Waals surface area contributed by atoms with E-state index >= 15 is 0 Å². The summed E-state index contributed by atoms with van der Waals surface area (Å²) in [5.41, 5.74) is 0. The number of likely N-dealkylation sites (tertiary alicyclic amines) is 1. The summed E-state index contributed by atoms with van der Waals surface area (Å²) in [5, 5.41) is 11.9. The molecule has 23 heavy (non-hydrogen) atoms. The molecule has 6 heteroatoms. The monoisotopic (exact) mass is 316 g/mol. The quantitative estimate of drug-likeness (QED) is 0.628. The van der Waals surface area contributed by atoms with Crippen molar-refractivity contribution in [2.75, 3.05) is 26.2 Å². The van der Waals surface area contributed by atoms with E-state index in [0.717, 1.165) is 25.7 Å². The van der Waals surface area contributed by atoms with Gasteiger partial charge in [0.15, 0.2) is 0 Å². The van der Waals surface area contributed by atoms with Crippen molar-refractivity contribution >= 4 is 11.9 Å². The standard InChI is InChI=1S/C17H24N4O2/c1-2-10-20(12-9-18)16(22)14-6-5-11-21(13-14)17(23)19-15-7-3-4-8-15/h1,14-15H,3-8,10-13H2,(H,19,23). The van der Waals surface area contributed by atoms with Gasteiger partial charge in [-0.25, -0.2) is 4.79 Å². The van der Waals surface area contributed by atoms with E-state index in [0.29, 0.717) is 13.1 Å². The summed E-state index contributed by atoms with van der Waals surface area (Å²) < 4.78 is 0. The maximum Gasteiger partial charge on any atom is 0.317 e. The topological polar surface area (TPSA) is 76.4 Å². The molecule has 1 saturated carbocycles. The molecule has 1 atom stereocenters. The minimum atomic E-state index is -0.264. The molecule has 124 valence electrons. The molecule has 3 amide bonds. The number of piperidine rings is 1. The highest BCUT2D eigenvalue weighted by Crippen LogP contribution is 2.21. The summed E-state index contributed by atoms with van der Waals surface area (Å²) in [7, 11) is 0. The average molecular weight is 316 g/mol. The van der Waals surface area contributed by atoms with Gasteiger partial charge in [0, 0.05) is 19.1 Å². The van der Waals surface area contributed by atoms with E-state index in [4.69, 9.17) is 11.7 Å². The predicted molar refractivity (Wildman–Crippen MR) is 86.1 cm³/mol. The number of rotatable bonds is 4. The number of amides is 3. The molecule has 1 aliphatic heterocycles. The number of hydrogen-bond acceptors (Lipinski definition) is 3. The van der Waals surface area contributed by atoms with Crippen LogP contribution >= 0.6 is 0 Å². The number of nitrogens with zero attached hydrogens (tertiary/aromatic N) is 3. The zero-order chi connectivity index (χ0) is 16.7. The number of urea groups is 1. The molecule has 1 aliphatic carbocycles. The SMILES string of the molecule is C#CCN(CC#N)C(=O)C1CCCN(C(=O)NC2CCCC2)C1. The Labute approximate surface area is 137 Å². The van der Waals surface area contributed by atoms with Crippen LogP contribution in [0.3, 0.4) is 0 Å². The molecule has 0 bridgehead atoms. The van der Waals surface area contributed by atoms with Crippen molar-refractivity contribution in [2.24, 2.45) is 5.92 Å². The first kappa shape index (κ1) is 17.1. The van der Waals surface area contributed by atoms with E-state index in [1.807, 2.05) is 6.07 Å². The van der Waals surface area contributed by atoms with Crippen LogP contribution in [0.25, 0.3) is 0 Å². The van der Waals surface area contributed by atoms with Crippen molar-refractivity contribution < 1.29 is 9.59 Å². The van der Waals surface area contributed by atoms with Gasteiger partial charge in [0.05, 0.1) is 18.5 Å². The number of nitrogens with one attached hydrogen (secondary N) is 1. The largest absolute Gasteiger partial charge is 0.335 e. The molecule has 2 rings (SSSR count). The van der Waals surface area contributed by atoms with Crippen molar-refractivity contribution in [1.29, 1.82) is 5.26 Å². The Kier molecular flexibility index (Phi) is 6.29. The molecule has 0 aromatic heterocycles. The van der Waals surface area contributed by atoms with E-state index in [2.05, 4.69) is 11.2 Å². The van der Waals surface area contributed by atoms with Crippen LogP contribution in [0.5, 0.6) is 0 Å². The van der Waals surface area contributed by atoms with Crippen LogP contribution in [0, 0.1) is 29.6 Å². The maximum atomic E-state index is 12.5. The van der Waals surface area contributed by atoms with Crippen LogP contribution in [-0.4, -0.2) is 54.0 Å². The smallest absolute Gasteiger partial charge is 0.317 e. The summed E-state index contributed by atoms with van der Waals surface area (Å²) in [6.07, 6.45) is 11.2. The third-order valence-corrected chi connectivity index (χ3v) is 4.60. The van der Waals surface area contributed by atoms with Crippen molar-refractivity contribution in [1.82, 2.24) is 15.1 Å². The van der Waals surface area contributed by atoms with Crippen molar-refractivity contribution in [3.05, 3.63) is 0 Å². The Hall–Kier alpha value is -2.21. The van der Waals surface area contributed by atoms with Crippen LogP contribution in [0.1, 0.15) is 38.5 Å². The molecule has 1 saturated heterocycles. The third-order valence-electron chi connectivity index (χ3n) is 4.60. The zero-order valence-corrected chi connectivity index (χ0v) is 13.5. The first-order chi connectivity index (χ1) is 11.2. The Bertz CT molecular complexity index is 498. The van der Waals surface area contributed by atoms with Gasteiger partial charge in [0.25, 0.3) is 0 Å². The number of terminal acetylenes is 1. The van der Waals surface area contributed by atoms with Gasteiger partial charge in [0.1, 0.15) is 6.54 Å². The van der Waals surface area contributed by atoms with Gasteiger partial charge in [0.2, 0.25) is 5.91 Å². The Morgan fingerprint density at radius 3 is 2.61 bits per heavy atom. The third kappa shape index (κ3) is 4.63. The second kappa shape index (κ2) is 8.43. The molecule has 1 N–H and O–H groups in total. The second-order valence-corrected chi connectivity index (χ2v) is 6.27. The molecule has 1 heterocycles. The summed E-state index contributed by atoms with van der Waals surface area (Å²) in [6.45, 7) is 1.21. The fraction of sp³-hybridized carbons (Fsp3) is 0.706. The van der Waals surface area contributed by atoms with E-state index in [1.165, 1.54) is 17.7 Å². The van der Waals surface area contributed by atoms with Crippen LogP contribution in [0.15, 0.2) is 0 Å². The summed E-state index contributed by atoms with van der Waals surface area (Å²) in [6, 6.07) is 2.17. The predicted octanol–water partition coefficient (Wildman–Crippen LogP) is 1.34. The highest BCUT2D eigenvalue weighted by atomic mass is 16.2. The molecular weight excluding hydrogens is 292 g/mol. The molecule has 0 aromatic rings. The summed E-state index contributed by atoms with van der Waals surface area (Å²) in [4.78, 5) is 28.0. The lowest BCUT2D eigenvalue weighted by Crippen LogP contribution is -2.51. The van der Waals surface area contributed by atoms with E-state index in [-0.39, 0.29) is 37.0 Å². The molecule has 1 unspecified atom stereocenters. The molecule has 0 spiro atoms. The molecule has 2 fully saturated rings. The molecule has 2 aliphatic rings. The fourth-order valence-corrected chi connectivity index (χ4v) is 3.36. The number of carbonyl (C=O) groups is 2. The van der Waals surface area contributed by atoms with E-state index in [1.54, 1.807) is 4.90 Å². The van der Waals surface area contributed by atoms with Crippen molar-refractivity contribution in [3.8, 4) is 18.4 Å². The van der Waals surface area contributed by atoms with E-state index in [9.17, 15) is 9.59 Å². The van der Waals surface area contributed by atoms with Crippen LogP contribution < -0.4 is 5.32 Å². The van der Waals surface area contributed by atoms with Crippen LogP contribution in [0.2, 0.25) is 0 Å². The van der Waals surface area contributed by atoms with Gasteiger partial charge in [-0.15, -0.1) is 6.42 Å². The van der Waals surface area contributed by atoms with Crippen LogP contribution in [0.4, 0.5) is 4.79 Å². The highest BCUT2D eigenvalue weighted by Gasteiger charge is 2.31. The second-order valence-electron chi connectivity index (χ2n) is 6.27. The number of nitriles is 1. The summed E-state index contributed by atoms with van der Waals surface area (Å²) >= 11 is 0. The lowest BCUT2D eigenvalue weighted by Gasteiger charge is -2.34. The van der Waals surface area contributed by atoms with Crippen LogP contribution in [-0.2, 0) is 4.79 Å². The highest BCUT2D eigenvalue weighted by molar-refractivity contribution is 5.81. The maximum absolute atomic E-state index is 12.5. The van der Waals surface area contributed by atoms with Crippen molar-refractivity contribution in [3.63, 3.8) is 0 Å². The van der Waals surface area contributed by atoms with Gasteiger partial charge in [-0.2, -0.15) is 5.26 Å². The fourth-order valence-electron chi connectivity index (χ4n) is 3.36. The first-order valence-electron chi connectivity index (χ1n) is 8.30. The normalized spacial score (nSPS) is 21.3. The lowest BCUT2D eigenvalue weighted by molar-refractivity contribution is -0.135. The number of hydrogen-bond donors (Lipinski definition) is 1. The Morgan fingerprint density at radius 2 is 1.96 bits per heavy atom.